The number of anilines is 1. The Hall–Kier alpha value is -1.54. The fourth-order valence-corrected chi connectivity index (χ4v) is 2.07. The number of alkyl halides is 4. The van der Waals surface area contributed by atoms with E-state index in [-0.39, 0.29) is 23.8 Å². The monoisotopic (exact) mass is 326 g/mol. The average molecular weight is 327 g/mol. The van der Waals surface area contributed by atoms with Crippen LogP contribution in [-0.2, 0) is 6.18 Å². The quantitative estimate of drug-likeness (QED) is 0.780. The van der Waals surface area contributed by atoms with Crippen molar-refractivity contribution in [3.05, 3.63) is 28.8 Å². The highest BCUT2D eigenvalue weighted by Gasteiger charge is 2.35. The van der Waals surface area contributed by atoms with Crippen molar-refractivity contribution < 1.29 is 27.5 Å². The van der Waals surface area contributed by atoms with Gasteiger partial charge in [-0.25, -0.2) is 9.18 Å². The number of benzene rings is 1. The minimum Gasteiger partial charge on any atom is -0.388 e. The Balaban J connectivity index is 2.14. The van der Waals surface area contributed by atoms with Gasteiger partial charge in [0.2, 0.25) is 0 Å². The largest absolute Gasteiger partial charge is 0.416 e. The number of halogens is 5. The van der Waals surface area contributed by atoms with Gasteiger partial charge in [-0.15, -0.1) is 0 Å². The molecule has 2 amide bonds. The molecule has 2 N–H and O–H groups in total. The van der Waals surface area contributed by atoms with Gasteiger partial charge in [0.05, 0.1) is 29.4 Å². The van der Waals surface area contributed by atoms with E-state index in [1.807, 2.05) is 0 Å². The number of nitrogens with zero attached hydrogens (tertiary/aromatic N) is 1. The summed E-state index contributed by atoms with van der Waals surface area (Å²) in [7, 11) is 0. The fraction of sp³-hybridized carbons (Fsp3) is 0.417. The average Bonchev–Trinajstić information content (AvgIpc) is 2.71. The Morgan fingerprint density at radius 2 is 2.05 bits per heavy atom. The molecule has 1 fully saturated rings. The smallest absolute Gasteiger partial charge is 0.388 e. The summed E-state index contributed by atoms with van der Waals surface area (Å²) in [6.07, 6.45) is -7.45. The zero-order chi connectivity index (χ0) is 15.8. The molecule has 1 heterocycles. The van der Waals surface area contributed by atoms with Gasteiger partial charge in [-0.1, -0.05) is 11.6 Å². The van der Waals surface area contributed by atoms with Crippen molar-refractivity contribution in [1.29, 1.82) is 0 Å². The van der Waals surface area contributed by atoms with Gasteiger partial charge in [-0.05, 0) is 18.2 Å². The topological polar surface area (TPSA) is 52.6 Å². The van der Waals surface area contributed by atoms with Crippen LogP contribution < -0.4 is 5.32 Å². The van der Waals surface area contributed by atoms with Crippen molar-refractivity contribution >= 4 is 23.3 Å². The Morgan fingerprint density at radius 1 is 1.38 bits per heavy atom. The van der Waals surface area contributed by atoms with Crippen molar-refractivity contribution in [3.63, 3.8) is 0 Å². The minimum absolute atomic E-state index is 0.0760. The molecule has 1 aromatic carbocycles. The highest BCUT2D eigenvalue weighted by atomic mass is 35.5. The van der Waals surface area contributed by atoms with E-state index in [1.54, 1.807) is 0 Å². The van der Waals surface area contributed by atoms with E-state index in [2.05, 4.69) is 5.32 Å². The molecule has 21 heavy (non-hydrogen) atoms. The lowest BCUT2D eigenvalue weighted by molar-refractivity contribution is -0.137. The van der Waals surface area contributed by atoms with Crippen molar-refractivity contribution in [1.82, 2.24) is 4.90 Å². The Bertz CT molecular complexity index is 543. The summed E-state index contributed by atoms with van der Waals surface area (Å²) in [4.78, 5) is 12.8. The van der Waals surface area contributed by atoms with Gasteiger partial charge in [-0.2, -0.15) is 13.2 Å². The first-order valence-electron chi connectivity index (χ1n) is 5.93. The summed E-state index contributed by atoms with van der Waals surface area (Å²) in [5, 5.41) is 11.3. The van der Waals surface area contributed by atoms with E-state index in [4.69, 9.17) is 11.6 Å². The number of rotatable bonds is 1. The van der Waals surface area contributed by atoms with Crippen LogP contribution in [0.15, 0.2) is 18.2 Å². The van der Waals surface area contributed by atoms with E-state index in [0.29, 0.717) is 6.07 Å². The number of β-amino-alcohol motifs (C(OH)–C–C–N with tert-alkyl or cyclic N) is 1. The lowest BCUT2D eigenvalue weighted by atomic mass is 10.2. The third-order valence-corrected chi connectivity index (χ3v) is 3.37. The molecule has 9 heteroatoms. The predicted octanol–water partition coefficient (Wildman–Crippen LogP) is 2.91. The third-order valence-electron chi connectivity index (χ3n) is 3.04. The second kappa shape index (κ2) is 5.69. The van der Waals surface area contributed by atoms with Gasteiger partial charge in [-0.3, -0.25) is 0 Å². The Kier molecular flexibility index (Phi) is 4.29. The molecule has 1 aliphatic rings. The van der Waals surface area contributed by atoms with Gasteiger partial charge >= 0.3 is 12.2 Å². The number of aliphatic hydroxyl groups excluding tert-OH is 1. The summed E-state index contributed by atoms with van der Waals surface area (Å²) < 4.78 is 50.9. The Morgan fingerprint density at radius 3 is 2.57 bits per heavy atom. The molecule has 1 saturated heterocycles. The van der Waals surface area contributed by atoms with E-state index in [0.717, 1.165) is 17.0 Å². The van der Waals surface area contributed by atoms with Crippen LogP contribution in [0.2, 0.25) is 5.02 Å². The molecule has 2 atom stereocenters. The third kappa shape index (κ3) is 3.56. The summed E-state index contributed by atoms with van der Waals surface area (Å²) in [6, 6.07) is 1.67. The minimum atomic E-state index is -4.57. The van der Waals surface area contributed by atoms with Gasteiger partial charge in [0.1, 0.15) is 12.3 Å². The predicted molar refractivity (Wildman–Crippen MR) is 67.9 cm³/mol. The molecular weight excluding hydrogens is 316 g/mol. The fourth-order valence-electron chi connectivity index (χ4n) is 1.90. The molecule has 0 saturated carbocycles. The normalized spacial score (nSPS) is 22.5. The van der Waals surface area contributed by atoms with E-state index in [9.17, 15) is 27.5 Å². The van der Waals surface area contributed by atoms with E-state index < -0.39 is 30.0 Å². The number of urea groups is 1. The van der Waals surface area contributed by atoms with Gasteiger partial charge < -0.3 is 15.3 Å². The van der Waals surface area contributed by atoms with Crippen LogP contribution in [0.4, 0.5) is 28.0 Å². The molecule has 0 spiro atoms. The van der Waals surface area contributed by atoms with Crippen LogP contribution in [-0.4, -0.2) is 41.4 Å². The molecule has 0 aromatic heterocycles. The number of carbonyl (C=O) groups excluding carboxylic acids is 1. The highest BCUT2D eigenvalue weighted by molar-refractivity contribution is 6.33. The number of aliphatic hydroxyl groups is 1. The lowest BCUT2D eigenvalue weighted by Crippen LogP contribution is -2.33. The second-order valence-electron chi connectivity index (χ2n) is 4.61. The number of likely N-dealkylation sites (tertiary alicyclic amines) is 1. The summed E-state index contributed by atoms with van der Waals surface area (Å²) >= 11 is 5.73. The summed E-state index contributed by atoms with van der Waals surface area (Å²) in [5.74, 6) is 0. The SMILES string of the molecule is O=C(Nc1cc(C(F)(F)F)ccc1Cl)N1C[C@@H](O)[C@H](F)C1. The molecule has 0 aliphatic carbocycles. The van der Waals surface area contributed by atoms with Crippen LogP contribution in [0.1, 0.15) is 5.56 Å². The zero-order valence-corrected chi connectivity index (χ0v) is 11.2. The van der Waals surface area contributed by atoms with Crippen LogP contribution in [0, 0.1) is 0 Å². The van der Waals surface area contributed by atoms with E-state index >= 15 is 0 Å². The van der Waals surface area contributed by atoms with Gasteiger partial charge in [0.15, 0.2) is 0 Å². The maximum Gasteiger partial charge on any atom is 0.416 e. The number of nitrogens with one attached hydrogen (secondary N) is 1. The zero-order valence-electron chi connectivity index (χ0n) is 10.5. The molecule has 0 radical (unpaired) electrons. The molecule has 2 rings (SSSR count). The molecule has 0 bridgehead atoms. The number of hydrogen-bond donors (Lipinski definition) is 2. The number of carbonyl (C=O) groups is 1. The molecule has 0 unspecified atom stereocenters. The standard InChI is InChI=1S/C12H11ClF4N2O2/c13-7-2-1-6(12(15,16)17)3-9(7)18-11(21)19-4-8(14)10(20)5-19/h1-3,8,10,20H,4-5H2,(H,18,21)/t8-,10-/m1/s1. The van der Waals surface area contributed by atoms with Crippen molar-refractivity contribution in [2.24, 2.45) is 0 Å². The van der Waals surface area contributed by atoms with Crippen LogP contribution in [0.25, 0.3) is 0 Å². The van der Waals surface area contributed by atoms with Crippen LogP contribution in [0.3, 0.4) is 0 Å². The Labute approximate surface area is 122 Å². The molecule has 1 aromatic rings. The van der Waals surface area contributed by atoms with E-state index in [1.165, 1.54) is 0 Å². The molecule has 1 aliphatic heterocycles. The molecule has 116 valence electrons. The lowest BCUT2D eigenvalue weighted by Gasteiger charge is -2.17. The first-order valence-corrected chi connectivity index (χ1v) is 6.31. The number of hydrogen-bond acceptors (Lipinski definition) is 2. The van der Waals surface area contributed by atoms with Gasteiger partial charge in [0, 0.05) is 0 Å². The maximum absolute atomic E-state index is 13.1. The molecule has 4 nitrogen and oxygen atoms in total. The summed E-state index contributed by atoms with van der Waals surface area (Å²) in [6.45, 7) is -0.562. The van der Waals surface area contributed by atoms with Crippen LogP contribution in [0.5, 0.6) is 0 Å². The highest BCUT2D eigenvalue weighted by Crippen LogP contribution is 2.34. The van der Waals surface area contributed by atoms with Crippen molar-refractivity contribution in [3.8, 4) is 0 Å². The summed E-state index contributed by atoms with van der Waals surface area (Å²) in [5.41, 5.74) is -1.19. The molecular formula is C12H11ClF4N2O2. The van der Waals surface area contributed by atoms with Gasteiger partial charge in [0.25, 0.3) is 0 Å². The van der Waals surface area contributed by atoms with Crippen molar-refractivity contribution in [2.45, 2.75) is 18.5 Å². The maximum atomic E-state index is 13.1. The first-order chi connectivity index (χ1) is 9.68. The second-order valence-corrected chi connectivity index (χ2v) is 5.02. The van der Waals surface area contributed by atoms with Crippen molar-refractivity contribution in [2.75, 3.05) is 18.4 Å². The number of amides is 2. The first kappa shape index (κ1) is 15.8. The van der Waals surface area contributed by atoms with Crippen LogP contribution >= 0.6 is 11.6 Å².